The van der Waals surface area contributed by atoms with Gasteiger partial charge in [0.05, 0.1) is 16.9 Å². The Morgan fingerprint density at radius 3 is 2.41 bits per heavy atom. The molecule has 1 aliphatic carbocycles. The maximum absolute atomic E-state index is 13.4. The number of halogens is 4. The van der Waals surface area contributed by atoms with Gasteiger partial charge in [0.25, 0.3) is 0 Å². The summed E-state index contributed by atoms with van der Waals surface area (Å²) >= 11 is 5.79. The van der Waals surface area contributed by atoms with E-state index in [0.717, 1.165) is 44.2 Å². The summed E-state index contributed by atoms with van der Waals surface area (Å²) in [5.74, 6) is -1.59. The van der Waals surface area contributed by atoms with Gasteiger partial charge in [-0.15, -0.1) is 0 Å². The van der Waals surface area contributed by atoms with E-state index in [2.05, 4.69) is 20.7 Å². The Kier molecular flexibility index (Phi) is 10.8. The quantitative estimate of drug-likeness (QED) is 0.205. The number of sulfonamides is 1. The van der Waals surface area contributed by atoms with Crippen LogP contribution < -0.4 is 20.7 Å². The standard InChI is InChI=1S/C27H33ClF3N5O4S/c1-16-8-9-21(41(39,40)33-2)15-22(16)34-25(38)23(12-17-6-4-3-5-7-17)35-26(32)36-24(37)13-18-10-19(27(29,30)31)14-20(28)11-18/h8-11,14-15,17,23,33H,3-7,12-13H2,1-2H3,(H,34,38)(H3,32,35,36,37)/t23-/m1/s1. The SMILES string of the molecule is CNS(=O)(=O)c1ccc(C)c(NC(=O)[C@@H](CC2CCCCC2)NC(=N)NC(=O)Cc2cc(Cl)cc(C(F)(F)F)c2)c1. The smallest absolute Gasteiger partial charge is 0.344 e. The van der Waals surface area contributed by atoms with Crippen molar-refractivity contribution >= 4 is 45.1 Å². The van der Waals surface area contributed by atoms with Crippen LogP contribution in [0.25, 0.3) is 0 Å². The summed E-state index contributed by atoms with van der Waals surface area (Å²) in [6.45, 7) is 1.71. The number of benzene rings is 2. The van der Waals surface area contributed by atoms with Crippen molar-refractivity contribution in [2.24, 2.45) is 5.92 Å². The van der Waals surface area contributed by atoms with Crippen LogP contribution in [-0.4, -0.2) is 39.3 Å². The number of rotatable bonds is 9. The van der Waals surface area contributed by atoms with Gasteiger partial charge in [-0.05, 0) is 67.8 Å². The van der Waals surface area contributed by atoms with Gasteiger partial charge in [-0.25, -0.2) is 13.1 Å². The first-order valence-electron chi connectivity index (χ1n) is 13.0. The molecule has 224 valence electrons. The van der Waals surface area contributed by atoms with Crippen molar-refractivity contribution in [1.82, 2.24) is 15.4 Å². The van der Waals surface area contributed by atoms with Crippen LogP contribution in [0.2, 0.25) is 5.02 Å². The lowest BCUT2D eigenvalue weighted by atomic mass is 9.84. The number of aryl methyl sites for hydroxylation is 1. The number of hydrogen-bond acceptors (Lipinski definition) is 5. The maximum atomic E-state index is 13.4. The van der Waals surface area contributed by atoms with Crippen molar-refractivity contribution < 1.29 is 31.2 Å². The number of carbonyl (C=O) groups is 2. The van der Waals surface area contributed by atoms with Gasteiger partial charge < -0.3 is 10.6 Å². The summed E-state index contributed by atoms with van der Waals surface area (Å²) in [5, 5.41) is 15.8. The van der Waals surface area contributed by atoms with E-state index in [1.165, 1.54) is 25.2 Å². The minimum atomic E-state index is -4.64. The highest BCUT2D eigenvalue weighted by atomic mass is 35.5. The third kappa shape index (κ3) is 9.44. The summed E-state index contributed by atoms with van der Waals surface area (Å²) in [6.07, 6.45) is 0.162. The molecule has 5 N–H and O–H groups in total. The Hall–Kier alpha value is -3.16. The average molecular weight is 616 g/mol. The van der Waals surface area contributed by atoms with Gasteiger partial charge >= 0.3 is 6.18 Å². The van der Waals surface area contributed by atoms with Crippen LogP contribution >= 0.6 is 11.6 Å². The molecule has 2 aromatic carbocycles. The fourth-order valence-corrected chi connectivity index (χ4v) is 5.74. The minimum Gasteiger partial charge on any atom is -0.344 e. The second kappa shape index (κ2) is 13.7. The van der Waals surface area contributed by atoms with E-state index in [-0.39, 0.29) is 27.1 Å². The molecule has 0 heterocycles. The molecule has 0 spiro atoms. The monoisotopic (exact) mass is 615 g/mol. The molecule has 0 aromatic heterocycles. The van der Waals surface area contributed by atoms with Crippen LogP contribution in [0.5, 0.6) is 0 Å². The number of hydrogen-bond donors (Lipinski definition) is 5. The van der Waals surface area contributed by atoms with Crippen molar-refractivity contribution in [2.75, 3.05) is 12.4 Å². The predicted octanol–water partition coefficient (Wildman–Crippen LogP) is 4.74. The third-order valence-electron chi connectivity index (χ3n) is 6.89. The molecule has 0 radical (unpaired) electrons. The van der Waals surface area contributed by atoms with E-state index < -0.39 is 52.0 Å². The molecule has 2 aromatic rings. The fraction of sp³-hybridized carbons (Fsp3) is 0.444. The molecule has 2 amide bonds. The Morgan fingerprint density at radius 2 is 1.78 bits per heavy atom. The Balaban J connectivity index is 1.73. The first-order valence-corrected chi connectivity index (χ1v) is 14.9. The molecule has 0 bridgehead atoms. The maximum Gasteiger partial charge on any atom is 0.416 e. The summed E-state index contributed by atoms with van der Waals surface area (Å²) < 4.78 is 66.1. The van der Waals surface area contributed by atoms with E-state index in [0.29, 0.717) is 12.0 Å². The predicted molar refractivity (Wildman–Crippen MR) is 150 cm³/mol. The van der Waals surface area contributed by atoms with Crippen LogP contribution in [0.3, 0.4) is 0 Å². The van der Waals surface area contributed by atoms with Crippen molar-refractivity contribution in [3.63, 3.8) is 0 Å². The van der Waals surface area contributed by atoms with E-state index in [4.69, 9.17) is 17.0 Å². The normalized spacial score (nSPS) is 15.2. The van der Waals surface area contributed by atoms with Gasteiger partial charge in [-0.1, -0.05) is 49.8 Å². The highest BCUT2D eigenvalue weighted by molar-refractivity contribution is 7.89. The molecule has 14 heteroatoms. The van der Waals surface area contributed by atoms with E-state index >= 15 is 0 Å². The molecule has 9 nitrogen and oxygen atoms in total. The van der Waals surface area contributed by atoms with Gasteiger partial charge in [0.15, 0.2) is 5.96 Å². The zero-order valence-electron chi connectivity index (χ0n) is 22.6. The first-order chi connectivity index (χ1) is 19.2. The second-order valence-corrected chi connectivity index (χ2v) is 12.4. The first kappa shape index (κ1) is 32.4. The Morgan fingerprint density at radius 1 is 1.10 bits per heavy atom. The zero-order chi connectivity index (χ0) is 30.4. The Labute approximate surface area is 242 Å². The summed E-state index contributed by atoms with van der Waals surface area (Å²) in [7, 11) is -2.48. The van der Waals surface area contributed by atoms with Crippen molar-refractivity contribution in [3.05, 3.63) is 58.1 Å². The second-order valence-electron chi connectivity index (χ2n) is 10.1. The Bertz CT molecular complexity index is 1400. The van der Waals surface area contributed by atoms with E-state index in [9.17, 15) is 31.2 Å². The molecule has 1 atom stereocenters. The molecule has 1 fully saturated rings. The number of nitrogens with one attached hydrogen (secondary N) is 5. The zero-order valence-corrected chi connectivity index (χ0v) is 24.2. The number of guanidine groups is 1. The topological polar surface area (TPSA) is 140 Å². The van der Waals surface area contributed by atoms with Crippen molar-refractivity contribution in [1.29, 1.82) is 5.41 Å². The molecular formula is C27H33ClF3N5O4S. The van der Waals surface area contributed by atoms with Gasteiger partial charge in [0.1, 0.15) is 6.04 Å². The van der Waals surface area contributed by atoms with Crippen LogP contribution in [0.1, 0.15) is 55.2 Å². The molecular weight excluding hydrogens is 583 g/mol. The van der Waals surface area contributed by atoms with Gasteiger partial charge in [0.2, 0.25) is 21.8 Å². The lowest BCUT2D eigenvalue weighted by Crippen LogP contribution is -2.51. The number of carbonyl (C=O) groups excluding carboxylic acids is 2. The molecule has 0 aliphatic heterocycles. The van der Waals surface area contributed by atoms with Crippen LogP contribution in [0.15, 0.2) is 41.3 Å². The number of anilines is 1. The third-order valence-corrected chi connectivity index (χ3v) is 8.52. The molecule has 1 saturated carbocycles. The molecule has 0 saturated heterocycles. The van der Waals surface area contributed by atoms with Crippen LogP contribution in [0.4, 0.5) is 18.9 Å². The van der Waals surface area contributed by atoms with Gasteiger partial charge in [0, 0.05) is 10.7 Å². The molecule has 1 aliphatic rings. The minimum absolute atomic E-state index is 0.0125. The van der Waals surface area contributed by atoms with Crippen molar-refractivity contribution in [2.45, 2.75) is 69.0 Å². The molecule has 3 rings (SSSR count). The summed E-state index contributed by atoms with van der Waals surface area (Å²) in [5.41, 5.74) is -0.0858. The van der Waals surface area contributed by atoms with Crippen LogP contribution in [-0.2, 0) is 32.2 Å². The van der Waals surface area contributed by atoms with Gasteiger partial charge in [-0.3, -0.25) is 20.3 Å². The highest BCUT2D eigenvalue weighted by Gasteiger charge is 2.31. The van der Waals surface area contributed by atoms with Gasteiger partial charge in [-0.2, -0.15) is 13.2 Å². The van der Waals surface area contributed by atoms with E-state index in [1.807, 2.05) is 0 Å². The highest BCUT2D eigenvalue weighted by Crippen LogP contribution is 2.32. The lowest BCUT2D eigenvalue weighted by molar-refractivity contribution is -0.137. The van der Waals surface area contributed by atoms with Crippen molar-refractivity contribution in [3.8, 4) is 0 Å². The lowest BCUT2D eigenvalue weighted by Gasteiger charge is -2.27. The number of alkyl halides is 3. The molecule has 41 heavy (non-hydrogen) atoms. The summed E-state index contributed by atoms with van der Waals surface area (Å²) in [6, 6.07) is 6.17. The van der Waals surface area contributed by atoms with Crippen LogP contribution in [0, 0.1) is 18.3 Å². The van der Waals surface area contributed by atoms with E-state index in [1.54, 1.807) is 13.0 Å². The summed E-state index contributed by atoms with van der Waals surface area (Å²) in [4.78, 5) is 25.9. The average Bonchev–Trinajstić information content (AvgIpc) is 2.89. The largest absolute Gasteiger partial charge is 0.416 e. The molecule has 0 unspecified atom stereocenters. The number of amides is 2. The fourth-order valence-electron chi connectivity index (χ4n) is 4.72.